The smallest absolute Gasteiger partial charge is 0.271 e. The summed E-state index contributed by atoms with van der Waals surface area (Å²) in [7, 11) is 0. The van der Waals surface area contributed by atoms with Crippen molar-refractivity contribution in [2.24, 2.45) is 0 Å². The second-order valence-corrected chi connectivity index (χ2v) is 5.64. The fourth-order valence-corrected chi connectivity index (χ4v) is 2.51. The summed E-state index contributed by atoms with van der Waals surface area (Å²) in [5.41, 5.74) is 3.65. The highest BCUT2D eigenvalue weighted by Gasteiger charge is 2.10. The summed E-state index contributed by atoms with van der Waals surface area (Å²) in [4.78, 5) is 20.6. The second kappa shape index (κ2) is 7.61. The summed E-state index contributed by atoms with van der Waals surface area (Å²) >= 11 is 0. The number of aromatic nitrogens is 2. The normalized spacial score (nSPS) is 10.5. The summed E-state index contributed by atoms with van der Waals surface area (Å²) in [6.45, 7) is 4.47. The third-order valence-corrected chi connectivity index (χ3v) is 3.88. The Balaban J connectivity index is 1.67. The molecule has 0 aliphatic rings. The van der Waals surface area contributed by atoms with Crippen LogP contribution in [-0.4, -0.2) is 15.9 Å². The molecule has 0 saturated heterocycles. The molecule has 0 aliphatic carbocycles. The molecule has 0 spiro atoms. The highest BCUT2D eigenvalue weighted by molar-refractivity contribution is 5.92. The van der Waals surface area contributed by atoms with Crippen molar-refractivity contribution in [3.63, 3.8) is 0 Å². The van der Waals surface area contributed by atoms with E-state index in [1.165, 1.54) is 11.8 Å². The van der Waals surface area contributed by atoms with Gasteiger partial charge in [0.1, 0.15) is 17.3 Å². The number of furan rings is 1. The zero-order valence-electron chi connectivity index (χ0n) is 14.2. The van der Waals surface area contributed by atoms with Crippen molar-refractivity contribution in [3.8, 4) is 0 Å². The summed E-state index contributed by atoms with van der Waals surface area (Å²) in [5.74, 6) is 0.999. The number of hydrogen-bond donors (Lipinski definition) is 2. The molecule has 2 heterocycles. The molecule has 1 aromatic carbocycles. The van der Waals surface area contributed by atoms with Gasteiger partial charge in [0.25, 0.3) is 5.91 Å². The molecule has 25 heavy (non-hydrogen) atoms. The van der Waals surface area contributed by atoms with Gasteiger partial charge in [0, 0.05) is 5.69 Å². The van der Waals surface area contributed by atoms with E-state index >= 15 is 0 Å². The van der Waals surface area contributed by atoms with Crippen LogP contribution in [0.15, 0.2) is 53.4 Å². The van der Waals surface area contributed by atoms with E-state index in [4.69, 9.17) is 4.42 Å². The van der Waals surface area contributed by atoms with Crippen molar-refractivity contribution in [1.29, 1.82) is 0 Å². The van der Waals surface area contributed by atoms with Gasteiger partial charge < -0.3 is 15.1 Å². The molecule has 0 radical (unpaired) electrons. The van der Waals surface area contributed by atoms with Crippen molar-refractivity contribution in [2.45, 2.75) is 26.8 Å². The van der Waals surface area contributed by atoms with Crippen LogP contribution in [0.2, 0.25) is 0 Å². The fourth-order valence-electron chi connectivity index (χ4n) is 2.51. The van der Waals surface area contributed by atoms with Crippen LogP contribution in [0.1, 0.15) is 34.3 Å². The SMILES string of the molecule is CCc1cccc(C)c1Nc1cnc(C(=O)NCc2ccco2)cn1. The number of nitrogens with one attached hydrogen (secondary N) is 2. The lowest BCUT2D eigenvalue weighted by molar-refractivity contribution is 0.0942. The average Bonchev–Trinajstić information content (AvgIpc) is 3.15. The van der Waals surface area contributed by atoms with Crippen LogP contribution >= 0.6 is 0 Å². The van der Waals surface area contributed by atoms with Crippen LogP contribution < -0.4 is 10.6 Å². The Bertz CT molecular complexity index is 842. The van der Waals surface area contributed by atoms with Crippen LogP contribution in [0.3, 0.4) is 0 Å². The molecule has 2 N–H and O–H groups in total. The first-order valence-electron chi connectivity index (χ1n) is 8.15. The number of anilines is 2. The molecule has 128 valence electrons. The summed E-state index contributed by atoms with van der Waals surface area (Å²) in [6, 6.07) is 9.74. The average molecular weight is 336 g/mol. The highest BCUT2D eigenvalue weighted by Crippen LogP contribution is 2.24. The maximum absolute atomic E-state index is 12.1. The number of para-hydroxylation sites is 1. The zero-order valence-corrected chi connectivity index (χ0v) is 14.2. The molecular weight excluding hydrogens is 316 g/mol. The van der Waals surface area contributed by atoms with E-state index in [0.29, 0.717) is 18.1 Å². The lowest BCUT2D eigenvalue weighted by Crippen LogP contribution is -2.23. The molecule has 6 heteroatoms. The van der Waals surface area contributed by atoms with E-state index in [1.807, 2.05) is 19.1 Å². The molecule has 0 unspecified atom stereocenters. The zero-order chi connectivity index (χ0) is 17.6. The Hall–Kier alpha value is -3.15. The molecule has 0 bridgehead atoms. The number of carbonyl (C=O) groups is 1. The third kappa shape index (κ3) is 4.03. The van der Waals surface area contributed by atoms with Gasteiger partial charge in [-0.05, 0) is 36.6 Å². The fraction of sp³-hybridized carbons (Fsp3) is 0.211. The lowest BCUT2D eigenvalue weighted by Gasteiger charge is -2.13. The first-order valence-corrected chi connectivity index (χ1v) is 8.15. The minimum atomic E-state index is -0.291. The van der Waals surface area contributed by atoms with Gasteiger partial charge in [-0.25, -0.2) is 9.97 Å². The Morgan fingerprint density at radius 3 is 2.72 bits per heavy atom. The maximum atomic E-state index is 12.1. The number of carbonyl (C=O) groups excluding carboxylic acids is 1. The van der Waals surface area contributed by atoms with Crippen LogP contribution in [0.4, 0.5) is 11.5 Å². The van der Waals surface area contributed by atoms with Crippen LogP contribution in [0, 0.1) is 6.92 Å². The van der Waals surface area contributed by atoms with Crippen LogP contribution in [0.25, 0.3) is 0 Å². The van der Waals surface area contributed by atoms with Gasteiger partial charge in [-0.15, -0.1) is 0 Å². The Kier molecular flexibility index (Phi) is 5.09. The van der Waals surface area contributed by atoms with Gasteiger partial charge in [-0.1, -0.05) is 25.1 Å². The largest absolute Gasteiger partial charge is 0.467 e. The summed E-state index contributed by atoms with van der Waals surface area (Å²) in [6.07, 6.45) is 5.51. The predicted molar refractivity (Wildman–Crippen MR) is 95.7 cm³/mol. The monoisotopic (exact) mass is 336 g/mol. The second-order valence-electron chi connectivity index (χ2n) is 5.64. The number of rotatable bonds is 6. The highest BCUT2D eigenvalue weighted by atomic mass is 16.3. The standard InChI is InChI=1S/C19H20N4O2/c1-3-14-7-4-6-13(2)18(14)23-17-12-20-16(11-21-17)19(24)22-10-15-8-5-9-25-15/h4-9,11-12H,3,10H2,1-2H3,(H,21,23)(H,22,24). The topological polar surface area (TPSA) is 80.0 Å². The molecule has 3 aromatic rings. The van der Waals surface area contributed by atoms with Crippen molar-refractivity contribution < 1.29 is 9.21 Å². The molecule has 0 fully saturated rings. The van der Waals surface area contributed by atoms with Gasteiger partial charge in [0.2, 0.25) is 0 Å². The Labute approximate surface area is 146 Å². The minimum absolute atomic E-state index is 0.262. The predicted octanol–water partition coefficient (Wildman–Crippen LogP) is 3.61. The van der Waals surface area contributed by atoms with E-state index < -0.39 is 0 Å². The number of amides is 1. The lowest BCUT2D eigenvalue weighted by atomic mass is 10.1. The Morgan fingerprint density at radius 1 is 1.16 bits per heavy atom. The Morgan fingerprint density at radius 2 is 2.04 bits per heavy atom. The van der Waals surface area contributed by atoms with E-state index in [-0.39, 0.29) is 11.6 Å². The first-order chi connectivity index (χ1) is 12.2. The van der Waals surface area contributed by atoms with E-state index in [9.17, 15) is 4.79 Å². The van der Waals surface area contributed by atoms with Gasteiger partial charge in [-0.3, -0.25) is 4.79 Å². The first kappa shape index (κ1) is 16.7. The molecule has 0 saturated carbocycles. The quantitative estimate of drug-likeness (QED) is 0.719. The van der Waals surface area contributed by atoms with Crippen molar-refractivity contribution in [2.75, 3.05) is 5.32 Å². The maximum Gasteiger partial charge on any atom is 0.271 e. The number of hydrogen-bond acceptors (Lipinski definition) is 5. The summed E-state index contributed by atoms with van der Waals surface area (Å²) in [5, 5.41) is 6.03. The van der Waals surface area contributed by atoms with E-state index in [2.05, 4.69) is 33.6 Å². The van der Waals surface area contributed by atoms with Crippen molar-refractivity contribution >= 4 is 17.4 Å². The van der Waals surface area contributed by atoms with Crippen LogP contribution in [-0.2, 0) is 13.0 Å². The van der Waals surface area contributed by atoms with Gasteiger partial charge in [0.15, 0.2) is 0 Å². The van der Waals surface area contributed by atoms with E-state index in [1.54, 1.807) is 24.6 Å². The van der Waals surface area contributed by atoms with Crippen molar-refractivity contribution in [1.82, 2.24) is 15.3 Å². The number of nitrogens with zero attached hydrogens (tertiary/aromatic N) is 2. The molecule has 1 amide bonds. The van der Waals surface area contributed by atoms with Gasteiger partial charge in [0.05, 0.1) is 25.2 Å². The van der Waals surface area contributed by atoms with Crippen molar-refractivity contribution in [3.05, 3.63) is 71.6 Å². The molecular formula is C19H20N4O2. The molecule has 6 nitrogen and oxygen atoms in total. The molecule has 0 atom stereocenters. The molecule has 2 aromatic heterocycles. The molecule has 0 aliphatic heterocycles. The minimum Gasteiger partial charge on any atom is -0.467 e. The molecule has 3 rings (SSSR count). The van der Waals surface area contributed by atoms with Gasteiger partial charge in [-0.2, -0.15) is 0 Å². The van der Waals surface area contributed by atoms with Gasteiger partial charge >= 0.3 is 0 Å². The van der Waals surface area contributed by atoms with Crippen LogP contribution in [0.5, 0.6) is 0 Å². The third-order valence-electron chi connectivity index (χ3n) is 3.88. The van der Waals surface area contributed by atoms with E-state index in [0.717, 1.165) is 17.7 Å². The number of benzene rings is 1. The number of aryl methyl sites for hydroxylation is 2. The summed E-state index contributed by atoms with van der Waals surface area (Å²) < 4.78 is 5.18.